The smallest absolute Gasteiger partial charge is 0.309 e. The Morgan fingerprint density at radius 3 is 3.05 bits per heavy atom. The van der Waals surface area contributed by atoms with Crippen molar-refractivity contribution < 1.29 is 9.53 Å². The summed E-state index contributed by atoms with van der Waals surface area (Å²) in [6, 6.07) is 8.06. The van der Waals surface area contributed by atoms with Crippen LogP contribution in [0.3, 0.4) is 0 Å². The summed E-state index contributed by atoms with van der Waals surface area (Å²) in [7, 11) is 0. The highest BCUT2D eigenvalue weighted by atomic mass is 79.9. The van der Waals surface area contributed by atoms with Crippen molar-refractivity contribution in [1.29, 1.82) is 5.26 Å². The first-order valence-electron chi connectivity index (χ1n) is 7.00. The molecule has 21 heavy (non-hydrogen) atoms. The van der Waals surface area contributed by atoms with Gasteiger partial charge in [0.15, 0.2) is 0 Å². The number of hydrogen-bond donors (Lipinski definition) is 1. The zero-order valence-corrected chi connectivity index (χ0v) is 13.2. The van der Waals surface area contributed by atoms with Crippen molar-refractivity contribution in [3.05, 3.63) is 33.9 Å². The number of aromatic amines is 1. The number of aromatic nitrogens is 1. The predicted octanol–water partition coefficient (Wildman–Crippen LogP) is 3.54. The first kappa shape index (κ1) is 14.2. The number of carbonyl (C=O) groups is 1. The lowest BCUT2D eigenvalue weighted by atomic mass is 10.1. The Morgan fingerprint density at radius 1 is 1.52 bits per heavy atom. The van der Waals surface area contributed by atoms with Gasteiger partial charge in [-0.1, -0.05) is 15.9 Å². The molecule has 0 spiro atoms. The number of esters is 1. The van der Waals surface area contributed by atoms with Gasteiger partial charge in [-0.2, -0.15) is 5.26 Å². The van der Waals surface area contributed by atoms with Crippen LogP contribution in [0.15, 0.2) is 22.7 Å². The van der Waals surface area contributed by atoms with Crippen molar-refractivity contribution in [2.45, 2.75) is 19.8 Å². The van der Waals surface area contributed by atoms with Gasteiger partial charge in [-0.3, -0.25) is 4.79 Å². The maximum Gasteiger partial charge on any atom is 0.309 e. The molecule has 1 heterocycles. The van der Waals surface area contributed by atoms with Crippen molar-refractivity contribution in [2.24, 2.45) is 11.8 Å². The third-order valence-electron chi connectivity index (χ3n) is 3.86. The number of nitriles is 1. The summed E-state index contributed by atoms with van der Waals surface area (Å²) in [6.45, 7) is 2.27. The highest BCUT2D eigenvalue weighted by molar-refractivity contribution is 9.10. The molecule has 1 fully saturated rings. The third kappa shape index (κ3) is 2.81. The number of ether oxygens (including phenoxy) is 1. The minimum absolute atomic E-state index is 0.0403. The summed E-state index contributed by atoms with van der Waals surface area (Å²) in [4.78, 5) is 15.0. The van der Waals surface area contributed by atoms with E-state index in [0.29, 0.717) is 18.1 Å². The number of halogens is 1. The molecule has 0 radical (unpaired) electrons. The molecule has 1 aromatic heterocycles. The van der Waals surface area contributed by atoms with E-state index in [1.807, 2.05) is 13.0 Å². The van der Waals surface area contributed by atoms with Gasteiger partial charge >= 0.3 is 5.97 Å². The molecule has 2 atom stereocenters. The number of nitrogens with zero attached hydrogens (tertiary/aromatic N) is 1. The van der Waals surface area contributed by atoms with Gasteiger partial charge in [-0.05, 0) is 43.9 Å². The average Bonchev–Trinajstić information content (AvgIpc) is 3.09. The molecule has 1 saturated carbocycles. The molecule has 1 aliphatic rings. The van der Waals surface area contributed by atoms with Crippen LogP contribution >= 0.6 is 15.9 Å². The average molecular weight is 347 g/mol. The minimum atomic E-state index is -0.0842. The Bertz CT molecular complexity index is 745. The van der Waals surface area contributed by atoms with E-state index in [1.54, 1.807) is 6.07 Å². The molecule has 2 unspecified atom stereocenters. The largest absolute Gasteiger partial charge is 0.466 e. The first-order valence-corrected chi connectivity index (χ1v) is 7.79. The van der Waals surface area contributed by atoms with Crippen LogP contribution in [0.1, 0.15) is 24.6 Å². The zero-order chi connectivity index (χ0) is 15.0. The minimum Gasteiger partial charge on any atom is -0.466 e. The van der Waals surface area contributed by atoms with Crippen LogP contribution in [0.5, 0.6) is 0 Å². The number of hydrogen-bond acceptors (Lipinski definition) is 3. The van der Waals surface area contributed by atoms with Crippen LogP contribution in [0.25, 0.3) is 10.9 Å². The second kappa shape index (κ2) is 5.53. The van der Waals surface area contributed by atoms with Gasteiger partial charge in [0.05, 0.1) is 23.6 Å². The second-order valence-electron chi connectivity index (χ2n) is 5.38. The molecule has 5 heteroatoms. The summed E-state index contributed by atoms with van der Waals surface area (Å²) in [5.41, 5.74) is 2.56. The maximum atomic E-state index is 11.6. The fraction of sp³-hybridized carbons (Fsp3) is 0.375. The third-order valence-corrected chi connectivity index (χ3v) is 4.32. The predicted molar refractivity (Wildman–Crippen MR) is 82.6 cm³/mol. The molecule has 108 valence electrons. The van der Waals surface area contributed by atoms with Crippen molar-refractivity contribution in [1.82, 2.24) is 4.98 Å². The van der Waals surface area contributed by atoms with Gasteiger partial charge in [0.25, 0.3) is 0 Å². The van der Waals surface area contributed by atoms with Crippen LogP contribution in [-0.2, 0) is 16.0 Å². The highest BCUT2D eigenvalue weighted by Crippen LogP contribution is 2.42. The van der Waals surface area contributed by atoms with E-state index in [9.17, 15) is 10.1 Å². The molecule has 1 N–H and O–H groups in total. The van der Waals surface area contributed by atoms with Gasteiger partial charge in [-0.15, -0.1) is 0 Å². The molecular weight excluding hydrogens is 332 g/mol. The monoisotopic (exact) mass is 346 g/mol. The quantitative estimate of drug-likeness (QED) is 0.861. The van der Waals surface area contributed by atoms with Crippen LogP contribution in [0.4, 0.5) is 0 Å². The molecule has 1 aliphatic carbocycles. The second-order valence-corrected chi connectivity index (χ2v) is 6.30. The summed E-state index contributed by atoms with van der Waals surface area (Å²) in [6.07, 6.45) is 1.71. The number of carbonyl (C=O) groups excluding carboxylic acids is 1. The van der Waals surface area contributed by atoms with Gasteiger partial charge in [0, 0.05) is 15.6 Å². The molecule has 4 nitrogen and oxygen atoms in total. The van der Waals surface area contributed by atoms with E-state index in [4.69, 9.17) is 4.74 Å². The zero-order valence-electron chi connectivity index (χ0n) is 11.6. The van der Waals surface area contributed by atoms with Crippen LogP contribution in [-0.4, -0.2) is 17.6 Å². The topological polar surface area (TPSA) is 65.9 Å². The van der Waals surface area contributed by atoms with Gasteiger partial charge in [-0.25, -0.2) is 0 Å². The number of benzene rings is 1. The van der Waals surface area contributed by atoms with Crippen LogP contribution in [0, 0.1) is 23.2 Å². The molecule has 0 amide bonds. The Hall–Kier alpha value is -1.80. The first-order chi connectivity index (χ1) is 10.1. The fourth-order valence-electron chi connectivity index (χ4n) is 2.76. The lowest BCUT2D eigenvalue weighted by molar-refractivity contribution is -0.145. The van der Waals surface area contributed by atoms with Crippen LogP contribution in [0.2, 0.25) is 0 Å². The van der Waals surface area contributed by atoms with Gasteiger partial charge < -0.3 is 9.72 Å². The van der Waals surface area contributed by atoms with E-state index in [0.717, 1.165) is 33.9 Å². The van der Waals surface area contributed by atoms with E-state index < -0.39 is 0 Å². The Morgan fingerprint density at radius 2 is 2.33 bits per heavy atom. The SMILES string of the molecule is CCOC(=O)C1CC1Cc1cc2cc(Br)cc(C#N)c2[nH]1. The molecule has 0 saturated heterocycles. The summed E-state index contributed by atoms with van der Waals surface area (Å²) in [5.74, 6) is 0.309. The number of fused-ring (bicyclic) bond motifs is 1. The van der Waals surface area contributed by atoms with E-state index >= 15 is 0 Å². The van der Waals surface area contributed by atoms with E-state index in [2.05, 4.69) is 33.0 Å². The molecule has 3 rings (SSSR count). The number of nitrogens with one attached hydrogen (secondary N) is 1. The van der Waals surface area contributed by atoms with Gasteiger partial charge in [0.2, 0.25) is 0 Å². The Balaban J connectivity index is 1.78. The van der Waals surface area contributed by atoms with Crippen molar-refractivity contribution in [3.8, 4) is 6.07 Å². The van der Waals surface area contributed by atoms with Crippen molar-refractivity contribution >= 4 is 32.8 Å². The molecule has 1 aromatic carbocycles. The van der Waals surface area contributed by atoms with Crippen molar-refractivity contribution in [3.63, 3.8) is 0 Å². The molecule has 2 aromatic rings. The lowest BCUT2D eigenvalue weighted by Crippen LogP contribution is -2.08. The van der Waals surface area contributed by atoms with E-state index in [1.165, 1.54) is 0 Å². The fourth-order valence-corrected chi connectivity index (χ4v) is 3.23. The lowest BCUT2D eigenvalue weighted by Gasteiger charge is -2.00. The summed E-state index contributed by atoms with van der Waals surface area (Å²) < 4.78 is 5.94. The highest BCUT2D eigenvalue weighted by Gasteiger charge is 2.44. The molecule has 0 aliphatic heterocycles. The maximum absolute atomic E-state index is 11.6. The standard InChI is InChI=1S/C16H15BrN2O2/c1-2-21-16(20)14-7-9(14)5-13-6-10-3-12(17)4-11(8-18)15(10)19-13/h3-4,6,9,14,19H,2,5,7H2,1H3. The Kier molecular flexibility index (Phi) is 3.73. The summed E-state index contributed by atoms with van der Waals surface area (Å²) >= 11 is 3.42. The number of rotatable bonds is 4. The van der Waals surface area contributed by atoms with Crippen molar-refractivity contribution in [2.75, 3.05) is 6.61 Å². The van der Waals surface area contributed by atoms with Gasteiger partial charge in [0.1, 0.15) is 6.07 Å². The summed E-state index contributed by atoms with van der Waals surface area (Å²) in [5, 5.41) is 10.2. The molecular formula is C16H15BrN2O2. The molecule has 0 bridgehead atoms. The normalized spacial score (nSPS) is 20.2. The van der Waals surface area contributed by atoms with E-state index in [-0.39, 0.29) is 11.9 Å². The number of H-pyrrole nitrogens is 1. The Labute approximate surface area is 131 Å². The van der Waals surface area contributed by atoms with Crippen LogP contribution < -0.4 is 0 Å².